The summed E-state index contributed by atoms with van der Waals surface area (Å²) in [6.45, 7) is 4.29. The molecule has 2 heterocycles. The molecule has 1 aliphatic carbocycles. The van der Waals surface area contributed by atoms with Gasteiger partial charge in [-0.15, -0.1) is 0 Å². The van der Waals surface area contributed by atoms with E-state index in [1.54, 1.807) is 11.5 Å². The zero-order valence-corrected chi connectivity index (χ0v) is 21.5. The van der Waals surface area contributed by atoms with Crippen molar-refractivity contribution in [2.45, 2.75) is 76.5 Å². The minimum atomic E-state index is -3.63. The molecule has 0 unspecified atom stereocenters. The van der Waals surface area contributed by atoms with Gasteiger partial charge in [-0.3, -0.25) is 4.79 Å². The first kappa shape index (κ1) is 25.1. The summed E-state index contributed by atoms with van der Waals surface area (Å²) in [5.41, 5.74) is 4.30. The van der Waals surface area contributed by atoms with Crippen LogP contribution in [0.15, 0.2) is 41.2 Å². The van der Waals surface area contributed by atoms with Gasteiger partial charge in [-0.25, -0.2) is 0 Å². The topological polar surface area (TPSA) is 80.6 Å². The molecule has 1 N–H and O–H groups in total. The van der Waals surface area contributed by atoms with E-state index in [4.69, 9.17) is 4.74 Å². The van der Waals surface area contributed by atoms with Crippen molar-refractivity contribution in [3.8, 4) is 0 Å². The zero-order valence-electron chi connectivity index (χ0n) is 20.7. The van der Waals surface area contributed by atoms with Crippen molar-refractivity contribution in [1.82, 2.24) is 13.6 Å². The van der Waals surface area contributed by atoms with E-state index in [9.17, 15) is 13.2 Å². The number of aryl methyl sites for hydroxylation is 3. The number of nitrogens with zero attached hydrogens (tertiary/aromatic N) is 2. The van der Waals surface area contributed by atoms with Gasteiger partial charge in [0.2, 0.25) is 0 Å². The lowest BCUT2D eigenvalue weighted by Gasteiger charge is -2.37. The summed E-state index contributed by atoms with van der Waals surface area (Å²) in [6, 6.07) is 11.7. The molecule has 0 saturated heterocycles. The first-order valence-corrected chi connectivity index (χ1v) is 13.7. The van der Waals surface area contributed by atoms with Gasteiger partial charge < -0.3 is 9.30 Å². The normalized spacial score (nSPS) is 25.3. The molecule has 2 atom stereocenters. The SMILES string of the molecule is Cc1ccccc1C1CCC(OC[C@H]2[C@@H](NS(=O)(=O)N(C)C)CCc3ccc(C)c(=O)n32)CC1. The van der Waals surface area contributed by atoms with E-state index < -0.39 is 16.3 Å². The molecule has 8 heteroatoms. The lowest BCUT2D eigenvalue weighted by Crippen LogP contribution is -2.52. The molecule has 7 nitrogen and oxygen atoms in total. The second-order valence-electron chi connectivity index (χ2n) is 9.96. The number of benzene rings is 1. The smallest absolute Gasteiger partial charge is 0.279 e. The van der Waals surface area contributed by atoms with E-state index in [1.807, 2.05) is 12.1 Å². The molecule has 1 aliphatic heterocycles. The van der Waals surface area contributed by atoms with Gasteiger partial charge in [0.1, 0.15) is 0 Å². The number of rotatable bonds is 7. The largest absolute Gasteiger partial charge is 0.376 e. The third-order valence-corrected chi connectivity index (χ3v) is 9.05. The van der Waals surface area contributed by atoms with Crippen LogP contribution in [0.2, 0.25) is 0 Å². The number of nitrogens with one attached hydrogen (secondary N) is 1. The van der Waals surface area contributed by atoms with Crippen LogP contribution in [0.3, 0.4) is 0 Å². The standard InChI is InChI=1S/C26H37N3O4S/c1-18-7-5-6-8-23(18)20-10-14-22(15-11-20)33-17-25-24(27-34(31,32)28(3)4)16-13-21-12-9-19(2)26(30)29(21)25/h5-9,12,20,22,24-25,27H,10-11,13-17H2,1-4H3/t20?,22?,24-,25-/m0/s1. The van der Waals surface area contributed by atoms with E-state index in [0.717, 1.165) is 31.4 Å². The van der Waals surface area contributed by atoms with Crippen molar-refractivity contribution in [3.05, 3.63) is 69.1 Å². The van der Waals surface area contributed by atoms with Crippen LogP contribution in [-0.4, -0.2) is 50.1 Å². The highest BCUT2D eigenvalue weighted by atomic mass is 32.2. The Bertz CT molecular complexity index is 1170. The summed E-state index contributed by atoms with van der Waals surface area (Å²) in [4.78, 5) is 13.1. The molecule has 1 fully saturated rings. The average molecular weight is 488 g/mol. The van der Waals surface area contributed by atoms with Gasteiger partial charge in [0.25, 0.3) is 15.8 Å². The van der Waals surface area contributed by atoms with Crippen molar-refractivity contribution >= 4 is 10.2 Å². The molecule has 1 aromatic carbocycles. The maximum Gasteiger partial charge on any atom is 0.279 e. The van der Waals surface area contributed by atoms with Crippen LogP contribution >= 0.6 is 0 Å². The molecule has 0 bridgehead atoms. The molecule has 0 amide bonds. The number of aromatic nitrogens is 1. The molecule has 0 radical (unpaired) electrons. The Hall–Kier alpha value is -2.00. The van der Waals surface area contributed by atoms with Crippen molar-refractivity contribution in [1.29, 1.82) is 0 Å². The molecular weight excluding hydrogens is 450 g/mol. The molecule has 186 valence electrons. The second-order valence-corrected chi connectivity index (χ2v) is 11.9. The Morgan fingerprint density at radius 2 is 1.71 bits per heavy atom. The van der Waals surface area contributed by atoms with Crippen LogP contribution in [0.25, 0.3) is 0 Å². The van der Waals surface area contributed by atoms with E-state index in [0.29, 0.717) is 30.9 Å². The summed E-state index contributed by atoms with van der Waals surface area (Å²) in [5.74, 6) is 0.557. The predicted molar refractivity (Wildman–Crippen MR) is 134 cm³/mol. The van der Waals surface area contributed by atoms with Gasteiger partial charge in [-0.1, -0.05) is 30.3 Å². The number of hydrogen-bond acceptors (Lipinski definition) is 4. The Morgan fingerprint density at radius 1 is 1.00 bits per heavy atom. The maximum absolute atomic E-state index is 13.1. The fourth-order valence-electron chi connectivity index (χ4n) is 5.38. The second kappa shape index (κ2) is 10.3. The molecular formula is C26H37N3O4S. The monoisotopic (exact) mass is 487 g/mol. The quantitative estimate of drug-likeness (QED) is 0.649. The fraction of sp³-hybridized carbons (Fsp3) is 0.577. The van der Waals surface area contributed by atoms with Crippen molar-refractivity contribution in [3.63, 3.8) is 0 Å². The number of fused-ring (bicyclic) bond motifs is 1. The van der Waals surface area contributed by atoms with E-state index in [2.05, 4.69) is 35.9 Å². The van der Waals surface area contributed by atoms with Gasteiger partial charge in [-0.2, -0.15) is 17.4 Å². The van der Waals surface area contributed by atoms with Crippen LogP contribution in [0, 0.1) is 13.8 Å². The van der Waals surface area contributed by atoms with Crippen LogP contribution in [0.5, 0.6) is 0 Å². The van der Waals surface area contributed by atoms with Gasteiger partial charge in [0, 0.05) is 31.4 Å². The van der Waals surface area contributed by atoms with Gasteiger partial charge in [-0.05, 0) is 75.5 Å². The first-order chi connectivity index (χ1) is 16.2. The molecule has 1 saturated carbocycles. The molecule has 34 heavy (non-hydrogen) atoms. The summed E-state index contributed by atoms with van der Waals surface area (Å²) in [5, 5.41) is 0. The van der Waals surface area contributed by atoms with Crippen molar-refractivity contribution in [2.75, 3.05) is 20.7 Å². The Kier molecular flexibility index (Phi) is 7.62. The lowest BCUT2D eigenvalue weighted by atomic mass is 9.81. The van der Waals surface area contributed by atoms with Crippen LogP contribution in [0.1, 0.15) is 66.4 Å². The zero-order chi connectivity index (χ0) is 24.5. The lowest BCUT2D eigenvalue weighted by molar-refractivity contribution is -0.00180. The average Bonchev–Trinajstić information content (AvgIpc) is 2.81. The highest BCUT2D eigenvalue weighted by Gasteiger charge is 2.35. The van der Waals surface area contributed by atoms with Crippen LogP contribution in [-0.2, 0) is 21.4 Å². The number of hydrogen-bond donors (Lipinski definition) is 1. The number of ether oxygens (including phenoxy) is 1. The molecule has 1 aromatic heterocycles. The van der Waals surface area contributed by atoms with Crippen molar-refractivity contribution in [2.24, 2.45) is 0 Å². The van der Waals surface area contributed by atoms with Gasteiger partial charge >= 0.3 is 0 Å². The summed E-state index contributed by atoms with van der Waals surface area (Å²) >= 11 is 0. The molecule has 0 spiro atoms. The predicted octanol–water partition coefficient (Wildman–Crippen LogP) is 3.46. The van der Waals surface area contributed by atoms with Crippen LogP contribution < -0.4 is 10.3 Å². The first-order valence-electron chi connectivity index (χ1n) is 12.3. The highest BCUT2D eigenvalue weighted by molar-refractivity contribution is 7.87. The van der Waals surface area contributed by atoms with Gasteiger partial charge in [0.05, 0.1) is 18.8 Å². The summed E-state index contributed by atoms with van der Waals surface area (Å²) < 4.78 is 37.3. The third kappa shape index (κ3) is 5.30. The minimum absolute atomic E-state index is 0.0666. The fourth-order valence-corrected chi connectivity index (χ4v) is 6.25. The summed E-state index contributed by atoms with van der Waals surface area (Å²) in [6.07, 6.45) is 5.49. The van der Waals surface area contributed by atoms with E-state index >= 15 is 0 Å². The molecule has 2 aromatic rings. The van der Waals surface area contributed by atoms with Gasteiger partial charge in [0.15, 0.2) is 0 Å². The number of pyridine rings is 1. The summed E-state index contributed by atoms with van der Waals surface area (Å²) in [7, 11) is -0.614. The Labute approximate surface area is 203 Å². The van der Waals surface area contributed by atoms with Crippen LogP contribution in [0.4, 0.5) is 0 Å². The minimum Gasteiger partial charge on any atom is -0.376 e. The Balaban J connectivity index is 1.49. The molecule has 4 rings (SSSR count). The Morgan fingerprint density at radius 3 is 2.38 bits per heavy atom. The maximum atomic E-state index is 13.1. The molecule has 2 aliphatic rings. The highest BCUT2D eigenvalue weighted by Crippen LogP contribution is 2.36. The van der Waals surface area contributed by atoms with E-state index in [1.165, 1.54) is 29.5 Å². The third-order valence-electron chi connectivity index (χ3n) is 7.49. The van der Waals surface area contributed by atoms with E-state index in [-0.39, 0.29) is 17.7 Å². The van der Waals surface area contributed by atoms with Crippen molar-refractivity contribution < 1.29 is 13.2 Å².